The van der Waals surface area contributed by atoms with Crippen LogP contribution in [0.3, 0.4) is 0 Å². The molecule has 5 rings (SSSR count). The molecule has 1 aromatic carbocycles. The van der Waals surface area contributed by atoms with Gasteiger partial charge < -0.3 is 10.6 Å². The summed E-state index contributed by atoms with van der Waals surface area (Å²) in [6, 6.07) is 8.17. The number of hydrogen-bond acceptors (Lipinski definition) is 5. The van der Waals surface area contributed by atoms with Gasteiger partial charge in [0, 0.05) is 36.9 Å². The highest BCUT2D eigenvalue weighted by Crippen LogP contribution is 2.36. The third-order valence-corrected chi connectivity index (χ3v) is 6.95. The van der Waals surface area contributed by atoms with Gasteiger partial charge in [0.05, 0.1) is 23.7 Å². The van der Waals surface area contributed by atoms with Gasteiger partial charge in [0.25, 0.3) is 0 Å². The molecule has 2 fully saturated rings. The highest BCUT2D eigenvalue weighted by Gasteiger charge is 2.35. The molecular weight excluding hydrogens is 445 g/mol. The van der Waals surface area contributed by atoms with Crippen molar-refractivity contribution in [3.8, 4) is 0 Å². The lowest BCUT2D eigenvalue weighted by molar-refractivity contribution is -0.137. The third kappa shape index (κ3) is 4.86. The summed E-state index contributed by atoms with van der Waals surface area (Å²) in [4.78, 5) is 19.0. The lowest BCUT2D eigenvalue weighted by Gasteiger charge is -2.46. The van der Waals surface area contributed by atoms with Gasteiger partial charge in [-0.25, -0.2) is 0 Å². The molecule has 0 spiro atoms. The van der Waals surface area contributed by atoms with Crippen LogP contribution in [0.5, 0.6) is 0 Å². The van der Waals surface area contributed by atoms with E-state index in [2.05, 4.69) is 36.8 Å². The Bertz CT molecular complexity index is 1130. The number of likely N-dealkylation sites (tertiary alicyclic amines) is 1. The molecule has 7 nitrogen and oxygen atoms in total. The monoisotopic (exact) mass is 472 g/mol. The molecule has 1 saturated carbocycles. The van der Waals surface area contributed by atoms with E-state index in [9.17, 15) is 18.0 Å². The number of nitrogens with one attached hydrogen (secondary N) is 3. The van der Waals surface area contributed by atoms with Gasteiger partial charge in [0.15, 0.2) is 5.82 Å². The molecule has 2 aliphatic rings. The first-order valence-electron chi connectivity index (χ1n) is 11.6. The third-order valence-electron chi connectivity index (χ3n) is 6.95. The van der Waals surface area contributed by atoms with Crippen LogP contribution in [-0.2, 0) is 11.0 Å². The molecule has 10 heteroatoms. The van der Waals surface area contributed by atoms with Crippen molar-refractivity contribution in [2.75, 3.05) is 25.0 Å². The fraction of sp³-hybridized carbons (Fsp3) is 0.458. The number of halogens is 3. The second-order valence-corrected chi connectivity index (χ2v) is 9.19. The number of benzene rings is 1. The molecule has 3 heterocycles. The summed E-state index contributed by atoms with van der Waals surface area (Å²) in [5, 5.41) is 12.9. The van der Waals surface area contributed by atoms with Gasteiger partial charge in [-0.3, -0.25) is 19.8 Å². The van der Waals surface area contributed by atoms with Gasteiger partial charge in [0.2, 0.25) is 5.91 Å². The van der Waals surface area contributed by atoms with E-state index >= 15 is 0 Å². The van der Waals surface area contributed by atoms with Crippen LogP contribution in [0.15, 0.2) is 42.7 Å². The van der Waals surface area contributed by atoms with E-state index in [-0.39, 0.29) is 24.3 Å². The second kappa shape index (κ2) is 9.25. The van der Waals surface area contributed by atoms with Crippen LogP contribution in [0.1, 0.15) is 42.7 Å². The molecule has 0 bridgehead atoms. The van der Waals surface area contributed by atoms with Gasteiger partial charge >= 0.3 is 6.18 Å². The fourth-order valence-corrected chi connectivity index (χ4v) is 5.06. The number of rotatable bonds is 6. The first-order chi connectivity index (χ1) is 16.4. The zero-order valence-electron chi connectivity index (χ0n) is 18.6. The number of hydrogen-bond donors (Lipinski definition) is 3. The average molecular weight is 473 g/mol. The Morgan fingerprint density at radius 2 is 1.94 bits per heavy atom. The Kier molecular flexibility index (Phi) is 6.16. The van der Waals surface area contributed by atoms with Gasteiger partial charge in [-0.1, -0.05) is 6.07 Å². The number of alkyl halides is 3. The molecular formula is C24H27F3N6O. The van der Waals surface area contributed by atoms with Crippen molar-refractivity contribution in [1.29, 1.82) is 0 Å². The Morgan fingerprint density at radius 3 is 2.65 bits per heavy atom. The van der Waals surface area contributed by atoms with Crippen LogP contribution in [0.25, 0.3) is 10.9 Å². The fourth-order valence-electron chi connectivity index (χ4n) is 5.06. The Morgan fingerprint density at radius 1 is 1.15 bits per heavy atom. The first-order valence-corrected chi connectivity index (χ1v) is 11.6. The molecule has 1 saturated heterocycles. The number of carbonyl (C=O) groups excluding carboxylic acids is 1. The molecule has 3 N–H and O–H groups in total. The largest absolute Gasteiger partial charge is 0.416 e. The summed E-state index contributed by atoms with van der Waals surface area (Å²) in [5.74, 6) is 0.614. The topological polar surface area (TPSA) is 85.9 Å². The van der Waals surface area contributed by atoms with E-state index in [4.69, 9.17) is 0 Å². The van der Waals surface area contributed by atoms with E-state index in [0.29, 0.717) is 22.9 Å². The van der Waals surface area contributed by atoms with E-state index in [1.54, 1.807) is 6.20 Å². The van der Waals surface area contributed by atoms with Gasteiger partial charge in [-0.15, -0.1) is 0 Å². The predicted molar refractivity (Wildman–Crippen MR) is 122 cm³/mol. The van der Waals surface area contributed by atoms with E-state index in [0.717, 1.165) is 50.9 Å². The highest BCUT2D eigenvalue weighted by molar-refractivity contribution is 5.92. The zero-order chi connectivity index (χ0) is 23.7. The minimum Gasteiger partial charge on any atom is -0.359 e. The number of pyridine rings is 1. The van der Waals surface area contributed by atoms with Crippen LogP contribution >= 0.6 is 0 Å². The average Bonchev–Trinajstić information content (AvgIpc) is 3.22. The molecule has 0 atom stereocenters. The summed E-state index contributed by atoms with van der Waals surface area (Å²) in [5.41, 5.74) is 1.04. The number of carbonyl (C=O) groups is 1. The minimum atomic E-state index is -4.44. The van der Waals surface area contributed by atoms with Crippen molar-refractivity contribution in [3.05, 3.63) is 53.9 Å². The SMILES string of the molecule is O=C(CNc1n[nH]c2ccc(C(F)(F)F)cc12)NC1CN(C2CCC(c3cccnc3)CC2)C1. The minimum absolute atomic E-state index is 0.0527. The summed E-state index contributed by atoms with van der Waals surface area (Å²) in [7, 11) is 0. The number of aromatic amines is 1. The summed E-state index contributed by atoms with van der Waals surface area (Å²) in [6.45, 7) is 1.60. The molecule has 34 heavy (non-hydrogen) atoms. The second-order valence-electron chi connectivity index (χ2n) is 9.19. The van der Waals surface area contributed by atoms with Crippen LogP contribution in [0, 0.1) is 0 Å². The quantitative estimate of drug-likeness (QED) is 0.507. The van der Waals surface area contributed by atoms with Gasteiger partial charge in [0.1, 0.15) is 0 Å². The summed E-state index contributed by atoms with van der Waals surface area (Å²) < 4.78 is 39.0. The Labute approximate surface area is 195 Å². The molecule has 0 radical (unpaired) electrons. The molecule has 1 amide bonds. The predicted octanol–water partition coefficient (Wildman–Crippen LogP) is 3.92. The maximum Gasteiger partial charge on any atom is 0.416 e. The van der Waals surface area contributed by atoms with Crippen LogP contribution in [0.2, 0.25) is 0 Å². The highest BCUT2D eigenvalue weighted by atomic mass is 19.4. The first kappa shape index (κ1) is 22.6. The van der Waals surface area contributed by atoms with E-state index < -0.39 is 11.7 Å². The normalized spacial score (nSPS) is 21.9. The van der Waals surface area contributed by atoms with Gasteiger partial charge in [-0.2, -0.15) is 18.3 Å². The zero-order valence-corrected chi connectivity index (χ0v) is 18.6. The summed E-state index contributed by atoms with van der Waals surface area (Å²) in [6.07, 6.45) is 3.94. The van der Waals surface area contributed by atoms with Crippen LogP contribution in [-0.4, -0.2) is 57.7 Å². The van der Waals surface area contributed by atoms with Gasteiger partial charge in [-0.05, 0) is 61.4 Å². The van der Waals surface area contributed by atoms with Crippen molar-refractivity contribution in [2.24, 2.45) is 0 Å². The molecule has 3 aromatic rings. The van der Waals surface area contributed by atoms with Crippen molar-refractivity contribution >= 4 is 22.6 Å². The molecule has 1 aliphatic heterocycles. The number of amides is 1. The summed E-state index contributed by atoms with van der Waals surface area (Å²) >= 11 is 0. The van der Waals surface area contributed by atoms with Crippen molar-refractivity contribution in [3.63, 3.8) is 0 Å². The lowest BCUT2D eigenvalue weighted by atomic mass is 9.81. The number of anilines is 1. The Balaban J connectivity index is 1.06. The van der Waals surface area contributed by atoms with E-state index in [1.165, 1.54) is 11.6 Å². The maximum absolute atomic E-state index is 13.0. The van der Waals surface area contributed by atoms with Crippen molar-refractivity contribution < 1.29 is 18.0 Å². The molecule has 1 aliphatic carbocycles. The Hall–Kier alpha value is -3.14. The number of nitrogens with zero attached hydrogens (tertiary/aromatic N) is 3. The smallest absolute Gasteiger partial charge is 0.359 e. The van der Waals surface area contributed by atoms with Crippen molar-refractivity contribution in [1.82, 2.24) is 25.4 Å². The number of aromatic nitrogens is 3. The molecule has 2 aromatic heterocycles. The lowest BCUT2D eigenvalue weighted by Crippen LogP contribution is -2.63. The number of fused-ring (bicyclic) bond motifs is 1. The van der Waals surface area contributed by atoms with Crippen LogP contribution < -0.4 is 10.6 Å². The standard InChI is InChI=1S/C24H27F3N6O/c25-24(26,27)17-5-8-21-20(10-17)23(32-31-21)29-12-22(34)30-18-13-33(14-18)19-6-3-15(4-7-19)16-2-1-9-28-11-16/h1-2,5,8-11,15,18-19H,3-4,6-7,12-14H2,(H,30,34)(H2,29,31,32). The van der Waals surface area contributed by atoms with E-state index in [1.807, 2.05) is 12.3 Å². The van der Waals surface area contributed by atoms with Crippen molar-refractivity contribution in [2.45, 2.75) is 49.9 Å². The van der Waals surface area contributed by atoms with Crippen LogP contribution in [0.4, 0.5) is 19.0 Å². The maximum atomic E-state index is 13.0. The molecule has 0 unspecified atom stereocenters. The number of H-pyrrole nitrogens is 1. The molecule has 180 valence electrons.